The number of amides is 1. The standard InChI is InChI=1S/C22H23F3N6O3/c1-4-18(33-3)31(9-12-5-6-17(30-29-12)22(23,24)25)21(32)15-7-13-14-10-34-11(2)19(14)20(26)28-16(13)8-27-15/h5-8,11,18H,4,9-10H2,1-3H3,(H2,26,28)/t11-,18?/m1/s1. The van der Waals surface area contributed by atoms with Crippen LogP contribution < -0.4 is 5.73 Å². The average molecular weight is 476 g/mol. The summed E-state index contributed by atoms with van der Waals surface area (Å²) in [5.41, 5.74) is 7.44. The van der Waals surface area contributed by atoms with E-state index in [-0.39, 0.29) is 24.0 Å². The lowest BCUT2D eigenvalue weighted by Crippen LogP contribution is -2.41. The molecule has 0 aliphatic carbocycles. The van der Waals surface area contributed by atoms with Crippen LogP contribution in [0.5, 0.6) is 0 Å². The third kappa shape index (κ3) is 4.38. The molecule has 3 aromatic heterocycles. The maximum Gasteiger partial charge on any atom is 0.435 e. The average Bonchev–Trinajstić information content (AvgIpc) is 3.21. The highest BCUT2D eigenvalue weighted by atomic mass is 19.4. The molecule has 4 rings (SSSR count). The van der Waals surface area contributed by atoms with Crippen LogP contribution in [0.2, 0.25) is 0 Å². The number of halogens is 3. The van der Waals surface area contributed by atoms with E-state index in [2.05, 4.69) is 20.2 Å². The summed E-state index contributed by atoms with van der Waals surface area (Å²) >= 11 is 0. The molecule has 2 N–H and O–H groups in total. The number of alkyl halides is 3. The third-order valence-corrected chi connectivity index (χ3v) is 5.73. The minimum atomic E-state index is -4.60. The van der Waals surface area contributed by atoms with Gasteiger partial charge in [0.2, 0.25) is 0 Å². The van der Waals surface area contributed by atoms with Crippen LogP contribution in [-0.2, 0) is 28.8 Å². The molecule has 1 amide bonds. The van der Waals surface area contributed by atoms with Crippen molar-refractivity contribution in [1.29, 1.82) is 0 Å². The number of ether oxygens (including phenoxy) is 2. The number of pyridine rings is 2. The van der Waals surface area contributed by atoms with Gasteiger partial charge in [-0.25, -0.2) is 9.97 Å². The van der Waals surface area contributed by atoms with E-state index in [9.17, 15) is 18.0 Å². The van der Waals surface area contributed by atoms with E-state index in [1.54, 1.807) is 6.07 Å². The molecular weight excluding hydrogens is 453 g/mol. The second kappa shape index (κ2) is 9.11. The van der Waals surface area contributed by atoms with Gasteiger partial charge in [-0.3, -0.25) is 4.79 Å². The van der Waals surface area contributed by atoms with E-state index in [1.807, 2.05) is 13.8 Å². The molecule has 0 bridgehead atoms. The molecule has 180 valence electrons. The second-order valence-electron chi connectivity index (χ2n) is 7.87. The van der Waals surface area contributed by atoms with Gasteiger partial charge in [-0.05, 0) is 37.1 Å². The molecular formula is C22H23F3N6O3. The molecule has 0 saturated heterocycles. The molecule has 34 heavy (non-hydrogen) atoms. The van der Waals surface area contributed by atoms with Crippen LogP contribution >= 0.6 is 0 Å². The van der Waals surface area contributed by atoms with Crippen molar-refractivity contribution in [3.8, 4) is 0 Å². The maximum atomic E-state index is 13.5. The Bertz CT molecular complexity index is 1220. The zero-order chi connectivity index (χ0) is 24.6. The van der Waals surface area contributed by atoms with Crippen molar-refractivity contribution in [2.75, 3.05) is 12.8 Å². The summed E-state index contributed by atoms with van der Waals surface area (Å²) in [5, 5.41) is 7.59. The Hall–Kier alpha value is -3.38. The predicted octanol–water partition coefficient (Wildman–Crippen LogP) is 3.64. The Morgan fingerprint density at radius 2 is 2.12 bits per heavy atom. The van der Waals surface area contributed by atoms with Crippen LogP contribution in [0.25, 0.3) is 10.9 Å². The fourth-order valence-corrected chi connectivity index (χ4v) is 4.02. The van der Waals surface area contributed by atoms with Crippen LogP contribution in [0.1, 0.15) is 59.4 Å². The van der Waals surface area contributed by atoms with E-state index < -0.39 is 24.0 Å². The fraction of sp³-hybridized carbons (Fsp3) is 0.409. The monoisotopic (exact) mass is 476 g/mol. The third-order valence-electron chi connectivity index (χ3n) is 5.73. The van der Waals surface area contributed by atoms with E-state index in [1.165, 1.54) is 24.3 Å². The Kier molecular flexibility index (Phi) is 6.36. The van der Waals surface area contributed by atoms with E-state index >= 15 is 0 Å². The van der Waals surface area contributed by atoms with Crippen molar-refractivity contribution in [1.82, 2.24) is 25.1 Å². The van der Waals surface area contributed by atoms with Gasteiger partial charge in [-0.2, -0.15) is 18.3 Å². The van der Waals surface area contributed by atoms with Gasteiger partial charge in [0, 0.05) is 18.1 Å². The molecule has 9 nitrogen and oxygen atoms in total. The minimum Gasteiger partial charge on any atom is -0.383 e. The number of aromatic nitrogens is 4. The highest BCUT2D eigenvalue weighted by Crippen LogP contribution is 2.38. The molecule has 12 heteroatoms. The number of rotatable bonds is 6. The largest absolute Gasteiger partial charge is 0.435 e. The van der Waals surface area contributed by atoms with E-state index in [0.29, 0.717) is 29.7 Å². The molecule has 0 saturated carbocycles. The molecule has 3 aromatic rings. The van der Waals surface area contributed by atoms with Crippen LogP contribution in [0, 0.1) is 0 Å². The van der Waals surface area contributed by atoms with Gasteiger partial charge in [0.15, 0.2) is 5.69 Å². The number of fused-ring (bicyclic) bond motifs is 3. The number of carbonyl (C=O) groups excluding carboxylic acids is 1. The highest BCUT2D eigenvalue weighted by Gasteiger charge is 2.33. The molecule has 2 atom stereocenters. The molecule has 1 unspecified atom stereocenters. The SMILES string of the molecule is CCC(OC)N(Cc1ccc(C(F)(F)F)nn1)C(=O)c1cc2c3c(c(N)nc2cn1)[C@@H](C)OC3. The summed E-state index contributed by atoms with van der Waals surface area (Å²) in [6.45, 7) is 3.91. The first-order valence-corrected chi connectivity index (χ1v) is 10.6. The molecule has 1 aliphatic heterocycles. The number of carbonyl (C=O) groups is 1. The number of hydrogen-bond donors (Lipinski definition) is 1. The lowest BCUT2D eigenvalue weighted by molar-refractivity contribution is -0.141. The summed E-state index contributed by atoms with van der Waals surface area (Å²) < 4.78 is 49.6. The number of hydrogen-bond acceptors (Lipinski definition) is 8. The smallest absolute Gasteiger partial charge is 0.383 e. The second-order valence-corrected chi connectivity index (χ2v) is 7.87. The zero-order valence-electron chi connectivity index (χ0n) is 18.8. The Labute approximate surface area is 193 Å². The number of anilines is 1. The number of methoxy groups -OCH3 is 1. The van der Waals surface area contributed by atoms with Gasteiger partial charge in [0.05, 0.1) is 36.7 Å². The van der Waals surface area contributed by atoms with Crippen LogP contribution in [0.4, 0.5) is 19.0 Å². The van der Waals surface area contributed by atoms with Crippen molar-refractivity contribution in [3.05, 3.63) is 52.6 Å². The molecule has 0 spiro atoms. The first-order chi connectivity index (χ1) is 16.1. The van der Waals surface area contributed by atoms with E-state index in [0.717, 1.165) is 17.2 Å². The Morgan fingerprint density at radius 1 is 1.35 bits per heavy atom. The van der Waals surface area contributed by atoms with Crippen molar-refractivity contribution in [3.63, 3.8) is 0 Å². The highest BCUT2D eigenvalue weighted by molar-refractivity contribution is 5.97. The summed E-state index contributed by atoms with van der Waals surface area (Å²) in [7, 11) is 1.44. The van der Waals surface area contributed by atoms with Crippen molar-refractivity contribution in [2.45, 2.75) is 51.9 Å². The van der Waals surface area contributed by atoms with Crippen molar-refractivity contribution in [2.24, 2.45) is 0 Å². The summed E-state index contributed by atoms with van der Waals surface area (Å²) in [6.07, 6.45) is -3.58. The van der Waals surface area contributed by atoms with E-state index in [4.69, 9.17) is 15.2 Å². The quantitative estimate of drug-likeness (QED) is 0.536. The van der Waals surface area contributed by atoms with Gasteiger partial charge in [-0.15, -0.1) is 5.10 Å². The molecule has 4 heterocycles. The van der Waals surface area contributed by atoms with Crippen LogP contribution in [0.3, 0.4) is 0 Å². The molecule has 0 aromatic carbocycles. The van der Waals surface area contributed by atoms with Gasteiger partial charge < -0.3 is 20.1 Å². The van der Waals surface area contributed by atoms with Gasteiger partial charge in [0.1, 0.15) is 17.7 Å². The first-order valence-electron chi connectivity index (χ1n) is 10.6. The van der Waals surface area contributed by atoms with Gasteiger partial charge in [0.25, 0.3) is 5.91 Å². The summed E-state index contributed by atoms with van der Waals surface area (Å²) in [6, 6.07) is 3.64. The predicted molar refractivity (Wildman–Crippen MR) is 115 cm³/mol. The lowest BCUT2D eigenvalue weighted by Gasteiger charge is -2.29. The molecule has 1 aliphatic rings. The Balaban J connectivity index is 1.70. The topological polar surface area (TPSA) is 116 Å². The normalized spacial score (nSPS) is 16.5. The number of nitrogens with two attached hydrogens (primary N) is 1. The molecule has 0 fully saturated rings. The van der Waals surface area contributed by atoms with Crippen LogP contribution in [-0.4, -0.2) is 44.3 Å². The number of nitrogens with zero attached hydrogens (tertiary/aromatic N) is 5. The van der Waals surface area contributed by atoms with Crippen molar-refractivity contribution < 1.29 is 27.4 Å². The maximum absolute atomic E-state index is 13.5. The number of nitrogen functional groups attached to an aromatic ring is 1. The lowest BCUT2D eigenvalue weighted by atomic mass is 10.0. The fourth-order valence-electron chi connectivity index (χ4n) is 4.02. The molecule has 0 radical (unpaired) electrons. The first kappa shape index (κ1) is 23.8. The van der Waals surface area contributed by atoms with Gasteiger partial charge >= 0.3 is 6.18 Å². The van der Waals surface area contributed by atoms with Crippen molar-refractivity contribution >= 4 is 22.6 Å². The summed E-state index contributed by atoms with van der Waals surface area (Å²) in [4.78, 5) is 23.5. The Morgan fingerprint density at radius 3 is 2.74 bits per heavy atom. The van der Waals surface area contributed by atoms with Gasteiger partial charge in [-0.1, -0.05) is 6.92 Å². The van der Waals surface area contributed by atoms with Crippen LogP contribution in [0.15, 0.2) is 24.4 Å². The zero-order valence-corrected chi connectivity index (χ0v) is 18.8. The minimum absolute atomic E-state index is 0.117. The summed E-state index contributed by atoms with van der Waals surface area (Å²) in [5.74, 6) is -0.115.